The molecule has 1 aliphatic carbocycles. The van der Waals surface area contributed by atoms with Gasteiger partial charge in [0.05, 0.1) is 33.4 Å². The van der Waals surface area contributed by atoms with Crippen molar-refractivity contribution in [2.24, 2.45) is 0 Å². The fourth-order valence-electron chi connectivity index (χ4n) is 5.03. The minimum Gasteiger partial charge on any atom is -0.478 e. The number of hydrogen-bond acceptors (Lipinski definition) is 5. The molecule has 6 rings (SSSR count). The smallest absolute Gasteiger partial charge is 0.338 e. The van der Waals surface area contributed by atoms with Crippen molar-refractivity contribution in [3.05, 3.63) is 92.7 Å². The van der Waals surface area contributed by atoms with Gasteiger partial charge in [-0.2, -0.15) is 0 Å². The van der Waals surface area contributed by atoms with Crippen molar-refractivity contribution in [3.63, 3.8) is 0 Å². The normalized spacial score (nSPS) is 16.6. The predicted octanol–water partition coefficient (Wildman–Crippen LogP) is 3.03. The number of fused-ring (bicyclic) bond motifs is 1. The lowest BCUT2D eigenvalue weighted by Crippen LogP contribution is -2.53. The van der Waals surface area contributed by atoms with Crippen LogP contribution in [0, 0.1) is 5.82 Å². The summed E-state index contributed by atoms with van der Waals surface area (Å²) in [5, 5.41) is 19.2. The molecular formula is C26H20ClFN4O5. The summed E-state index contributed by atoms with van der Waals surface area (Å²) in [5.41, 5.74) is -0.402. The Bertz CT molecular complexity index is 1650. The Balaban J connectivity index is 1.49. The van der Waals surface area contributed by atoms with Crippen molar-refractivity contribution in [3.8, 4) is 5.69 Å². The minimum absolute atomic E-state index is 0.114. The Kier molecular flexibility index (Phi) is 5.22. The van der Waals surface area contributed by atoms with E-state index < -0.39 is 34.7 Å². The van der Waals surface area contributed by atoms with Gasteiger partial charge < -0.3 is 15.1 Å². The van der Waals surface area contributed by atoms with E-state index in [0.29, 0.717) is 34.6 Å². The molecule has 3 heterocycles. The third kappa shape index (κ3) is 3.55. The van der Waals surface area contributed by atoms with E-state index in [1.165, 1.54) is 38.4 Å². The Morgan fingerprint density at radius 1 is 1.11 bits per heavy atom. The Morgan fingerprint density at radius 3 is 2.43 bits per heavy atom. The quantitative estimate of drug-likeness (QED) is 0.416. The highest BCUT2D eigenvalue weighted by Gasteiger charge is 2.51. The molecule has 2 fully saturated rings. The number of hydrogen-bond donors (Lipinski definition) is 2. The van der Waals surface area contributed by atoms with Crippen LogP contribution in [0.5, 0.6) is 0 Å². The van der Waals surface area contributed by atoms with Crippen LogP contribution in [-0.4, -0.2) is 60.3 Å². The van der Waals surface area contributed by atoms with Crippen LogP contribution in [0.4, 0.5) is 4.39 Å². The molecule has 1 saturated heterocycles. The Hall–Kier alpha value is -4.02. The molecule has 2 aliphatic rings. The molecule has 37 heavy (non-hydrogen) atoms. The summed E-state index contributed by atoms with van der Waals surface area (Å²) >= 11 is 6.22. The number of rotatable bonds is 5. The van der Waals surface area contributed by atoms with Gasteiger partial charge in [-0.25, -0.2) is 19.0 Å². The highest BCUT2D eigenvalue weighted by atomic mass is 35.5. The third-order valence-electron chi connectivity index (χ3n) is 7.05. The van der Waals surface area contributed by atoms with Crippen LogP contribution >= 0.6 is 11.6 Å². The van der Waals surface area contributed by atoms with E-state index >= 15 is 4.39 Å². The minimum atomic E-state index is -1.39. The second kappa shape index (κ2) is 8.25. The number of halogens is 2. The van der Waals surface area contributed by atoms with Crippen molar-refractivity contribution < 1.29 is 24.2 Å². The van der Waals surface area contributed by atoms with Gasteiger partial charge in [0.2, 0.25) is 0 Å². The van der Waals surface area contributed by atoms with Gasteiger partial charge in [-0.3, -0.25) is 13.9 Å². The van der Waals surface area contributed by atoms with Gasteiger partial charge in [-0.1, -0.05) is 23.7 Å². The molecule has 2 N–H and O–H groups in total. The van der Waals surface area contributed by atoms with E-state index in [2.05, 4.69) is 4.98 Å². The van der Waals surface area contributed by atoms with E-state index in [4.69, 9.17) is 11.6 Å². The number of carboxylic acid groups (broad SMARTS) is 1. The molecule has 0 atom stereocenters. The number of aromatic carboxylic acids is 1. The molecule has 1 aliphatic heterocycles. The number of benzene rings is 2. The molecule has 1 amide bonds. The summed E-state index contributed by atoms with van der Waals surface area (Å²) in [6.07, 6.45) is 1.73. The number of aliphatic hydroxyl groups excluding tert-OH is 1. The third-order valence-corrected chi connectivity index (χ3v) is 7.26. The number of carboxylic acids is 1. The first-order valence-corrected chi connectivity index (χ1v) is 12.0. The molecule has 2 aromatic carbocycles. The van der Waals surface area contributed by atoms with E-state index in [1.807, 2.05) is 0 Å². The molecule has 2 aromatic heterocycles. The van der Waals surface area contributed by atoms with Crippen molar-refractivity contribution in [1.82, 2.24) is 19.0 Å². The Labute approximate surface area is 214 Å². The fourth-order valence-corrected chi connectivity index (χ4v) is 5.18. The lowest BCUT2D eigenvalue weighted by molar-refractivity contribution is 0.00589. The van der Waals surface area contributed by atoms with Crippen molar-refractivity contribution in [1.29, 1.82) is 0 Å². The number of aromatic nitrogens is 3. The van der Waals surface area contributed by atoms with Crippen LogP contribution in [0.2, 0.25) is 5.02 Å². The molecule has 188 valence electrons. The maximum atomic E-state index is 15.3. The average Bonchev–Trinajstić information content (AvgIpc) is 3.59. The van der Waals surface area contributed by atoms with Gasteiger partial charge in [-0.15, -0.1) is 0 Å². The maximum Gasteiger partial charge on any atom is 0.338 e. The first-order valence-electron chi connectivity index (χ1n) is 11.6. The number of β-amino-alcohol motifs (C(OH)–C–C–N with tert-alkyl or cyclic N) is 1. The topological polar surface area (TPSA) is 118 Å². The standard InChI is InChI=1S/C26H20ClFN4O5/c27-15-10-20-22(29-11-15)32(26(8-9-26)19-3-1-2-18(21(19)28)24(35)36)25(37)31(20)16-6-4-14(5-7-16)23(34)30-12-17(33)13-30/h1-7,10-11,17,33H,8-9,12-13H2,(H,35,36). The first-order chi connectivity index (χ1) is 17.7. The van der Waals surface area contributed by atoms with E-state index in [-0.39, 0.29) is 30.2 Å². The van der Waals surface area contributed by atoms with Crippen LogP contribution in [0.25, 0.3) is 16.9 Å². The van der Waals surface area contributed by atoms with E-state index in [0.717, 1.165) is 0 Å². The highest BCUT2D eigenvalue weighted by molar-refractivity contribution is 6.31. The summed E-state index contributed by atoms with van der Waals surface area (Å²) in [6.45, 7) is 0.554. The average molecular weight is 523 g/mol. The molecule has 0 spiro atoms. The number of pyridine rings is 1. The van der Waals surface area contributed by atoms with Crippen LogP contribution < -0.4 is 5.69 Å². The highest BCUT2D eigenvalue weighted by Crippen LogP contribution is 2.51. The lowest BCUT2D eigenvalue weighted by Gasteiger charge is -2.35. The van der Waals surface area contributed by atoms with Gasteiger partial charge >= 0.3 is 11.7 Å². The zero-order valence-corrected chi connectivity index (χ0v) is 20.0. The summed E-state index contributed by atoms with van der Waals surface area (Å²) in [5.74, 6) is -2.49. The van der Waals surface area contributed by atoms with Gasteiger partial charge in [0, 0.05) is 30.4 Å². The van der Waals surface area contributed by atoms with Crippen LogP contribution in [-0.2, 0) is 5.54 Å². The number of likely N-dealkylation sites (tertiary alicyclic amines) is 1. The number of carbonyl (C=O) groups excluding carboxylic acids is 1. The van der Waals surface area contributed by atoms with E-state index in [9.17, 15) is 24.6 Å². The lowest BCUT2D eigenvalue weighted by atomic mass is 10.0. The van der Waals surface area contributed by atoms with Gasteiger partial charge in [0.25, 0.3) is 5.91 Å². The molecule has 1 saturated carbocycles. The van der Waals surface area contributed by atoms with Gasteiger partial charge in [-0.05, 0) is 49.2 Å². The molecule has 9 nitrogen and oxygen atoms in total. The largest absolute Gasteiger partial charge is 0.478 e. The fraction of sp³-hybridized carbons (Fsp3) is 0.231. The summed E-state index contributed by atoms with van der Waals surface area (Å²) in [4.78, 5) is 44.0. The zero-order chi connectivity index (χ0) is 26.1. The SMILES string of the molecule is O=C(O)c1cccc(C2(n3c(=O)n(-c4ccc(C(=O)N5CC(O)C5)cc4)c4cc(Cl)cnc43)CC2)c1F. The number of amides is 1. The Morgan fingerprint density at radius 2 is 1.81 bits per heavy atom. The summed E-state index contributed by atoms with van der Waals surface area (Å²) in [6, 6.07) is 12.2. The van der Waals surface area contributed by atoms with Crippen molar-refractivity contribution >= 4 is 34.6 Å². The summed E-state index contributed by atoms with van der Waals surface area (Å²) < 4.78 is 18.1. The molecule has 4 aromatic rings. The molecule has 0 bridgehead atoms. The van der Waals surface area contributed by atoms with Crippen LogP contribution in [0.15, 0.2) is 59.5 Å². The number of imidazole rings is 1. The van der Waals surface area contributed by atoms with E-state index in [1.54, 1.807) is 30.3 Å². The number of carbonyl (C=O) groups is 2. The summed E-state index contributed by atoms with van der Waals surface area (Å²) in [7, 11) is 0. The maximum absolute atomic E-state index is 15.3. The molecular weight excluding hydrogens is 503 g/mol. The second-order valence-corrected chi connectivity index (χ2v) is 9.80. The monoisotopic (exact) mass is 522 g/mol. The van der Waals surface area contributed by atoms with Gasteiger partial charge in [0.1, 0.15) is 5.82 Å². The first kappa shape index (κ1) is 23.4. The van der Waals surface area contributed by atoms with Crippen molar-refractivity contribution in [2.45, 2.75) is 24.5 Å². The molecule has 0 unspecified atom stereocenters. The molecule has 0 radical (unpaired) electrons. The number of aliphatic hydroxyl groups is 1. The second-order valence-electron chi connectivity index (χ2n) is 9.36. The van der Waals surface area contributed by atoms with Crippen molar-refractivity contribution in [2.75, 3.05) is 13.1 Å². The number of nitrogens with zero attached hydrogens (tertiary/aromatic N) is 4. The van der Waals surface area contributed by atoms with Gasteiger partial charge in [0.15, 0.2) is 5.65 Å². The van der Waals surface area contributed by atoms with Crippen LogP contribution in [0.1, 0.15) is 39.1 Å². The van der Waals surface area contributed by atoms with Crippen LogP contribution in [0.3, 0.4) is 0 Å². The predicted molar refractivity (Wildman–Crippen MR) is 132 cm³/mol. The molecule has 11 heteroatoms. The zero-order valence-electron chi connectivity index (χ0n) is 19.3.